The second-order valence-corrected chi connectivity index (χ2v) is 6.38. The number of unbranched alkanes of at least 4 members (excludes halogenated alkanes) is 1. The van der Waals surface area contributed by atoms with Crippen molar-refractivity contribution in [3.8, 4) is 0 Å². The van der Waals surface area contributed by atoms with E-state index in [1.165, 1.54) is 0 Å². The number of rotatable bonds is 15. The van der Waals surface area contributed by atoms with Gasteiger partial charge in [-0.05, 0) is 25.8 Å². The minimum absolute atomic E-state index is 0.0381. The molecule has 0 unspecified atom stereocenters. The summed E-state index contributed by atoms with van der Waals surface area (Å²) in [6.07, 6.45) is 0.0669. The Morgan fingerprint density at radius 3 is 1.77 bits per heavy atom. The van der Waals surface area contributed by atoms with Gasteiger partial charge in [0, 0.05) is 0 Å². The highest BCUT2D eigenvalue weighted by molar-refractivity contribution is 5.95. The Morgan fingerprint density at radius 1 is 0.767 bits per heavy atom. The van der Waals surface area contributed by atoms with E-state index in [0.29, 0.717) is 19.4 Å². The molecule has 11 N–H and O–H groups in total. The summed E-state index contributed by atoms with van der Waals surface area (Å²) < 4.78 is 0. The van der Waals surface area contributed by atoms with E-state index >= 15 is 0 Å². The Morgan fingerprint density at radius 2 is 1.30 bits per heavy atom. The fourth-order valence-corrected chi connectivity index (χ4v) is 2.24. The van der Waals surface area contributed by atoms with Crippen LogP contribution in [0, 0.1) is 0 Å². The van der Waals surface area contributed by atoms with E-state index in [2.05, 4.69) is 16.0 Å². The van der Waals surface area contributed by atoms with E-state index in [9.17, 15) is 24.0 Å². The van der Waals surface area contributed by atoms with E-state index in [0.717, 1.165) is 0 Å². The summed E-state index contributed by atoms with van der Waals surface area (Å²) in [6, 6.07) is -5.88. The van der Waals surface area contributed by atoms with Crippen molar-refractivity contribution in [2.75, 3.05) is 19.8 Å². The molecule has 0 bridgehead atoms. The van der Waals surface area contributed by atoms with Crippen LogP contribution >= 0.6 is 0 Å². The summed E-state index contributed by atoms with van der Waals surface area (Å²) in [5.74, 6) is -5.85. The lowest BCUT2D eigenvalue weighted by Gasteiger charge is -2.24. The first-order valence-corrected chi connectivity index (χ1v) is 9.10. The smallest absolute Gasteiger partial charge is 0.328 e. The van der Waals surface area contributed by atoms with Crippen molar-refractivity contribution < 1.29 is 44.4 Å². The van der Waals surface area contributed by atoms with Crippen molar-refractivity contribution in [2.24, 2.45) is 11.5 Å². The van der Waals surface area contributed by atoms with Crippen molar-refractivity contribution in [2.45, 2.75) is 49.9 Å². The summed E-state index contributed by atoms with van der Waals surface area (Å²) in [5, 5.41) is 42.2. The minimum Gasteiger partial charge on any atom is -0.481 e. The van der Waals surface area contributed by atoms with E-state index in [1.54, 1.807) is 0 Å². The maximum Gasteiger partial charge on any atom is 0.328 e. The number of nitrogens with one attached hydrogen (secondary N) is 3. The molecular weight excluding hydrogens is 406 g/mol. The molecule has 0 rings (SSSR count). The number of amides is 3. The number of carboxylic acid groups (broad SMARTS) is 2. The largest absolute Gasteiger partial charge is 0.481 e. The standard InChI is InChI=1S/C16H29N5O9/c17-4-2-1-3-9(14(27)21-11(7-23)16(29)30)19-15(28)10(5-12(24)25)20-13(26)8(18)6-22/h8-11,22-23H,1-7,17-18H2,(H,19,28)(H,20,26)(H,21,27)(H,24,25)(H,29,30)/t8-,9-,10-,11-/m0/s1. The maximum atomic E-state index is 12.5. The molecule has 0 fully saturated rings. The molecule has 0 aliphatic carbocycles. The Balaban J connectivity index is 5.38. The van der Waals surface area contributed by atoms with Crippen LogP contribution in [0.1, 0.15) is 25.7 Å². The highest BCUT2D eigenvalue weighted by Gasteiger charge is 2.31. The first-order valence-electron chi connectivity index (χ1n) is 9.10. The number of hydrogen-bond donors (Lipinski definition) is 9. The maximum absolute atomic E-state index is 12.5. The van der Waals surface area contributed by atoms with Crippen molar-refractivity contribution in [3.63, 3.8) is 0 Å². The Kier molecular flexibility index (Phi) is 12.9. The molecule has 4 atom stereocenters. The monoisotopic (exact) mass is 435 g/mol. The average Bonchev–Trinajstić information content (AvgIpc) is 2.69. The molecule has 0 aromatic carbocycles. The van der Waals surface area contributed by atoms with Gasteiger partial charge in [-0.1, -0.05) is 0 Å². The molecule has 0 spiro atoms. The van der Waals surface area contributed by atoms with Crippen molar-refractivity contribution in [1.29, 1.82) is 0 Å². The normalized spacial score (nSPS) is 14.7. The number of aliphatic hydroxyl groups is 2. The van der Waals surface area contributed by atoms with Gasteiger partial charge in [-0.25, -0.2) is 4.79 Å². The molecule has 0 aromatic heterocycles. The number of carbonyl (C=O) groups is 5. The van der Waals surface area contributed by atoms with E-state index in [4.69, 9.17) is 31.9 Å². The Labute approximate surface area is 172 Å². The number of carboxylic acids is 2. The van der Waals surface area contributed by atoms with Gasteiger partial charge in [0.1, 0.15) is 24.2 Å². The molecule has 14 nitrogen and oxygen atoms in total. The van der Waals surface area contributed by atoms with Gasteiger partial charge in [0.15, 0.2) is 0 Å². The predicted octanol–water partition coefficient (Wildman–Crippen LogP) is -4.56. The van der Waals surface area contributed by atoms with Crippen molar-refractivity contribution in [1.82, 2.24) is 16.0 Å². The molecular formula is C16H29N5O9. The highest BCUT2D eigenvalue weighted by Crippen LogP contribution is 2.04. The third-order valence-electron chi connectivity index (χ3n) is 3.92. The van der Waals surface area contributed by atoms with Crippen LogP contribution in [0.2, 0.25) is 0 Å². The van der Waals surface area contributed by atoms with E-state index in [1.807, 2.05) is 0 Å². The van der Waals surface area contributed by atoms with Crippen LogP contribution in [0.5, 0.6) is 0 Å². The Bertz CT molecular complexity index is 616. The van der Waals surface area contributed by atoms with Gasteiger partial charge >= 0.3 is 11.9 Å². The lowest BCUT2D eigenvalue weighted by atomic mass is 10.1. The molecule has 172 valence electrons. The van der Waals surface area contributed by atoms with Gasteiger partial charge in [-0.3, -0.25) is 19.2 Å². The third kappa shape index (κ3) is 10.1. The van der Waals surface area contributed by atoms with Crippen LogP contribution in [-0.4, -0.2) is 94.0 Å². The molecule has 14 heteroatoms. The number of nitrogens with two attached hydrogens (primary N) is 2. The van der Waals surface area contributed by atoms with Crippen LogP contribution in [-0.2, 0) is 24.0 Å². The molecule has 30 heavy (non-hydrogen) atoms. The molecule has 0 saturated heterocycles. The van der Waals surface area contributed by atoms with Gasteiger partial charge in [-0.15, -0.1) is 0 Å². The van der Waals surface area contributed by atoms with E-state index < -0.39 is 73.5 Å². The van der Waals surface area contributed by atoms with Gasteiger partial charge in [0.2, 0.25) is 17.7 Å². The molecule has 0 aliphatic heterocycles. The molecule has 0 heterocycles. The number of carbonyl (C=O) groups excluding carboxylic acids is 3. The molecule has 0 radical (unpaired) electrons. The van der Waals surface area contributed by atoms with Crippen LogP contribution in [0.3, 0.4) is 0 Å². The summed E-state index contributed by atoms with van der Waals surface area (Å²) in [6.45, 7) is -1.33. The number of hydrogen-bond acceptors (Lipinski definition) is 9. The van der Waals surface area contributed by atoms with Crippen LogP contribution in [0.25, 0.3) is 0 Å². The van der Waals surface area contributed by atoms with Gasteiger partial charge in [0.05, 0.1) is 19.6 Å². The van der Waals surface area contributed by atoms with Crippen LogP contribution in [0.4, 0.5) is 0 Å². The zero-order valence-electron chi connectivity index (χ0n) is 16.2. The van der Waals surface area contributed by atoms with Crippen LogP contribution in [0.15, 0.2) is 0 Å². The predicted molar refractivity (Wildman–Crippen MR) is 101 cm³/mol. The summed E-state index contributed by atoms with van der Waals surface area (Å²) in [7, 11) is 0. The fraction of sp³-hybridized carbons (Fsp3) is 0.688. The number of aliphatic carboxylic acids is 2. The minimum atomic E-state index is -1.61. The van der Waals surface area contributed by atoms with Gasteiger partial charge < -0.3 is 47.8 Å². The lowest BCUT2D eigenvalue weighted by Crippen LogP contribution is -2.58. The molecule has 0 saturated carbocycles. The first kappa shape index (κ1) is 27.2. The highest BCUT2D eigenvalue weighted by atomic mass is 16.4. The Hall–Kier alpha value is -2.81. The van der Waals surface area contributed by atoms with Crippen LogP contribution < -0.4 is 27.4 Å². The summed E-state index contributed by atoms with van der Waals surface area (Å²) in [5.41, 5.74) is 10.7. The van der Waals surface area contributed by atoms with Crippen molar-refractivity contribution in [3.05, 3.63) is 0 Å². The second kappa shape index (κ2) is 14.2. The molecule has 0 aromatic rings. The fourth-order valence-electron chi connectivity index (χ4n) is 2.24. The molecule has 3 amide bonds. The quantitative estimate of drug-likeness (QED) is 0.111. The summed E-state index contributed by atoms with van der Waals surface area (Å²) in [4.78, 5) is 58.7. The SMILES string of the molecule is NCCCC[C@H](NC(=O)[C@H](CC(=O)O)NC(=O)[C@@H](N)CO)C(=O)N[C@@H](CO)C(=O)O. The lowest BCUT2D eigenvalue weighted by molar-refractivity contribution is -0.144. The molecule has 0 aliphatic rings. The van der Waals surface area contributed by atoms with E-state index in [-0.39, 0.29) is 6.42 Å². The average molecular weight is 435 g/mol. The zero-order valence-corrected chi connectivity index (χ0v) is 16.2. The topological polar surface area (TPSA) is 254 Å². The summed E-state index contributed by atoms with van der Waals surface area (Å²) >= 11 is 0. The van der Waals surface area contributed by atoms with Crippen molar-refractivity contribution >= 4 is 29.7 Å². The number of aliphatic hydroxyl groups excluding tert-OH is 2. The zero-order chi connectivity index (χ0) is 23.3. The second-order valence-electron chi connectivity index (χ2n) is 6.38. The first-order chi connectivity index (χ1) is 14.1. The third-order valence-corrected chi connectivity index (χ3v) is 3.92. The van der Waals surface area contributed by atoms with Gasteiger partial charge in [0.25, 0.3) is 0 Å². The van der Waals surface area contributed by atoms with Gasteiger partial charge in [-0.2, -0.15) is 0 Å².